The van der Waals surface area contributed by atoms with E-state index in [1.165, 1.54) is 10.6 Å². The molecule has 0 amide bonds. The Morgan fingerprint density at radius 2 is 2.24 bits per heavy atom. The van der Waals surface area contributed by atoms with Crippen molar-refractivity contribution in [1.29, 1.82) is 0 Å². The van der Waals surface area contributed by atoms with Crippen LogP contribution in [0.2, 0.25) is 5.02 Å². The first-order chi connectivity index (χ1) is 9.77. The Hall–Kier alpha value is 0.110. The summed E-state index contributed by atoms with van der Waals surface area (Å²) in [4.78, 5) is 0. The fourth-order valence-corrected chi connectivity index (χ4v) is 4.16. The molecule has 21 heavy (non-hydrogen) atoms. The number of halogens is 2. The van der Waals surface area contributed by atoms with Crippen LogP contribution in [0.25, 0.3) is 0 Å². The molecule has 1 heterocycles. The van der Waals surface area contributed by atoms with Gasteiger partial charge in [-0.05, 0) is 65.5 Å². The van der Waals surface area contributed by atoms with E-state index in [-0.39, 0.29) is 5.92 Å². The van der Waals surface area contributed by atoms with Gasteiger partial charge in [0.15, 0.2) is 0 Å². The van der Waals surface area contributed by atoms with E-state index >= 15 is 0 Å². The Labute approximate surface area is 144 Å². The largest absolute Gasteiger partial charge is 0.388 e. The van der Waals surface area contributed by atoms with E-state index in [1.54, 1.807) is 6.07 Å². The number of nitrogens with zero attached hydrogens (tertiary/aromatic N) is 1. The van der Waals surface area contributed by atoms with Gasteiger partial charge in [-0.1, -0.05) is 17.7 Å². The van der Waals surface area contributed by atoms with E-state index in [0.29, 0.717) is 24.5 Å². The molecular formula is C14H19ClINO3S. The molecule has 2 unspecified atom stereocenters. The van der Waals surface area contributed by atoms with Gasteiger partial charge < -0.3 is 5.11 Å². The molecule has 1 aromatic carbocycles. The second kappa shape index (κ2) is 7.12. The van der Waals surface area contributed by atoms with E-state index in [9.17, 15) is 13.5 Å². The summed E-state index contributed by atoms with van der Waals surface area (Å²) in [6.07, 6.45) is 2.98. The summed E-state index contributed by atoms with van der Waals surface area (Å²) in [6.45, 7) is 1.08. The van der Waals surface area contributed by atoms with Crippen molar-refractivity contribution >= 4 is 44.2 Å². The molecule has 0 radical (unpaired) electrons. The summed E-state index contributed by atoms with van der Waals surface area (Å²) in [6, 6.07) is 5.53. The van der Waals surface area contributed by atoms with Crippen LogP contribution in [0.1, 0.15) is 30.9 Å². The SMILES string of the molecule is CS(=O)(=O)N1CCCC(CC(O)c2ccc(I)c(Cl)c2)C1. The van der Waals surface area contributed by atoms with Gasteiger partial charge in [-0.25, -0.2) is 12.7 Å². The number of piperidine rings is 1. The Morgan fingerprint density at radius 1 is 1.52 bits per heavy atom. The number of sulfonamides is 1. The van der Waals surface area contributed by atoms with Crippen LogP contribution in [0.15, 0.2) is 18.2 Å². The molecule has 7 heteroatoms. The van der Waals surface area contributed by atoms with E-state index in [0.717, 1.165) is 22.0 Å². The van der Waals surface area contributed by atoms with Crippen LogP contribution in [0.5, 0.6) is 0 Å². The number of hydrogen-bond donors (Lipinski definition) is 1. The Kier molecular flexibility index (Phi) is 5.92. The van der Waals surface area contributed by atoms with Crippen LogP contribution < -0.4 is 0 Å². The van der Waals surface area contributed by atoms with E-state index in [2.05, 4.69) is 22.6 Å². The molecule has 118 valence electrons. The summed E-state index contributed by atoms with van der Waals surface area (Å²) >= 11 is 8.22. The second-order valence-corrected chi connectivity index (χ2v) is 9.11. The molecule has 1 N–H and O–H groups in total. The molecule has 2 rings (SSSR count). The van der Waals surface area contributed by atoms with Crippen molar-refractivity contribution in [2.45, 2.75) is 25.4 Å². The first-order valence-electron chi connectivity index (χ1n) is 6.85. The van der Waals surface area contributed by atoms with Gasteiger partial charge in [0.25, 0.3) is 0 Å². The summed E-state index contributed by atoms with van der Waals surface area (Å²) < 4.78 is 25.7. The van der Waals surface area contributed by atoms with Gasteiger partial charge >= 0.3 is 0 Å². The van der Waals surface area contributed by atoms with E-state index < -0.39 is 16.1 Å². The summed E-state index contributed by atoms with van der Waals surface area (Å²) in [5.41, 5.74) is 0.789. The van der Waals surface area contributed by atoms with Crippen LogP contribution in [-0.2, 0) is 10.0 Å². The van der Waals surface area contributed by atoms with E-state index in [1.807, 2.05) is 12.1 Å². The number of benzene rings is 1. The van der Waals surface area contributed by atoms with Gasteiger partial charge in [0.05, 0.1) is 17.4 Å². The number of hydrogen-bond acceptors (Lipinski definition) is 3. The standard InChI is InChI=1S/C14H19ClINO3S/c1-21(19,20)17-6-2-3-10(9-17)7-14(18)11-4-5-13(16)12(15)8-11/h4-5,8,10,14,18H,2-3,6-7,9H2,1H3. The Balaban J connectivity index is 2.02. The first-order valence-corrected chi connectivity index (χ1v) is 10.2. The summed E-state index contributed by atoms with van der Waals surface area (Å²) in [5.74, 6) is 0.182. The van der Waals surface area contributed by atoms with Crippen molar-refractivity contribution in [3.8, 4) is 0 Å². The summed E-state index contributed by atoms with van der Waals surface area (Å²) in [7, 11) is -3.14. The Bertz CT molecular complexity index is 608. The lowest BCUT2D eigenvalue weighted by molar-refractivity contribution is 0.123. The average molecular weight is 444 g/mol. The molecule has 0 aromatic heterocycles. The molecule has 0 aliphatic carbocycles. The monoisotopic (exact) mass is 443 g/mol. The molecule has 1 aliphatic rings. The minimum atomic E-state index is -3.14. The molecule has 0 bridgehead atoms. The maximum absolute atomic E-state index is 11.6. The normalized spacial score (nSPS) is 22.2. The molecular weight excluding hydrogens is 425 g/mol. The second-order valence-electron chi connectivity index (χ2n) is 5.55. The maximum Gasteiger partial charge on any atom is 0.211 e. The third-order valence-electron chi connectivity index (χ3n) is 3.84. The minimum absolute atomic E-state index is 0.182. The van der Waals surface area contributed by atoms with Crippen LogP contribution in [0, 0.1) is 9.49 Å². The fraction of sp³-hybridized carbons (Fsp3) is 0.571. The molecule has 1 aliphatic heterocycles. The van der Waals surface area contributed by atoms with Crippen molar-refractivity contribution in [2.24, 2.45) is 5.92 Å². The summed E-state index contributed by atoms with van der Waals surface area (Å²) in [5, 5.41) is 11.0. The quantitative estimate of drug-likeness (QED) is 0.728. The molecule has 2 atom stereocenters. The highest BCUT2D eigenvalue weighted by Crippen LogP contribution is 2.30. The molecule has 0 saturated carbocycles. The molecule has 0 spiro atoms. The lowest BCUT2D eigenvalue weighted by Crippen LogP contribution is -2.39. The zero-order valence-corrected chi connectivity index (χ0v) is 15.5. The minimum Gasteiger partial charge on any atom is -0.388 e. The zero-order valence-electron chi connectivity index (χ0n) is 11.8. The van der Waals surface area contributed by atoms with Gasteiger partial charge in [-0.2, -0.15) is 0 Å². The molecule has 1 saturated heterocycles. The van der Waals surface area contributed by atoms with E-state index in [4.69, 9.17) is 11.6 Å². The molecule has 1 fully saturated rings. The third kappa shape index (κ3) is 4.79. The zero-order chi connectivity index (χ0) is 15.6. The lowest BCUT2D eigenvalue weighted by atomic mass is 9.91. The number of aliphatic hydroxyl groups excluding tert-OH is 1. The van der Waals surface area contributed by atoms with Crippen LogP contribution in [0.3, 0.4) is 0 Å². The average Bonchev–Trinajstić information content (AvgIpc) is 2.41. The van der Waals surface area contributed by atoms with Crippen molar-refractivity contribution in [2.75, 3.05) is 19.3 Å². The number of aliphatic hydroxyl groups is 1. The maximum atomic E-state index is 11.6. The predicted molar refractivity (Wildman–Crippen MR) is 92.9 cm³/mol. The van der Waals surface area contributed by atoms with Crippen LogP contribution in [-0.4, -0.2) is 37.2 Å². The van der Waals surface area contributed by atoms with Gasteiger partial charge in [0, 0.05) is 16.7 Å². The lowest BCUT2D eigenvalue weighted by Gasteiger charge is -2.32. The highest BCUT2D eigenvalue weighted by molar-refractivity contribution is 14.1. The Morgan fingerprint density at radius 3 is 2.86 bits per heavy atom. The first kappa shape index (κ1) is 17.5. The van der Waals surface area contributed by atoms with Crippen LogP contribution in [0.4, 0.5) is 0 Å². The van der Waals surface area contributed by atoms with Crippen molar-refractivity contribution in [1.82, 2.24) is 4.31 Å². The van der Waals surface area contributed by atoms with Crippen molar-refractivity contribution in [3.05, 3.63) is 32.4 Å². The van der Waals surface area contributed by atoms with Gasteiger partial charge in [0.2, 0.25) is 10.0 Å². The van der Waals surface area contributed by atoms with Gasteiger partial charge in [0.1, 0.15) is 0 Å². The smallest absolute Gasteiger partial charge is 0.211 e. The third-order valence-corrected chi connectivity index (χ3v) is 6.68. The predicted octanol–water partition coefficient (Wildman–Crippen LogP) is 3.04. The highest BCUT2D eigenvalue weighted by atomic mass is 127. The fourth-order valence-electron chi connectivity index (χ4n) is 2.69. The van der Waals surface area contributed by atoms with Crippen molar-refractivity contribution in [3.63, 3.8) is 0 Å². The topological polar surface area (TPSA) is 57.6 Å². The van der Waals surface area contributed by atoms with Crippen LogP contribution >= 0.6 is 34.2 Å². The van der Waals surface area contributed by atoms with Gasteiger partial charge in [-0.3, -0.25) is 0 Å². The number of rotatable bonds is 4. The molecule has 1 aromatic rings. The van der Waals surface area contributed by atoms with Crippen molar-refractivity contribution < 1.29 is 13.5 Å². The highest BCUT2D eigenvalue weighted by Gasteiger charge is 2.27. The molecule has 4 nitrogen and oxygen atoms in total. The van der Waals surface area contributed by atoms with Gasteiger partial charge in [-0.15, -0.1) is 0 Å².